The Morgan fingerprint density at radius 3 is 2.59 bits per heavy atom. The van der Waals surface area contributed by atoms with Gasteiger partial charge in [0.25, 0.3) is 0 Å². The number of piperidine rings is 1. The van der Waals surface area contributed by atoms with E-state index in [1.165, 1.54) is 0 Å². The van der Waals surface area contributed by atoms with E-state index in [9.17, 15) is 19.5 Å². The van der Waals surface area contributed by atoms with Crippen LogP contribution in [-0.4, -0.2) is 103 Å². The van der Waals surface area contributed by atoms with Crippen molar-refractivity contribution in [2.24, 2.45) is 45.7 Å². The van der Waals surface area contributed by atoms with Crippen LogP contribution in [0.1, 0.15) is 85.5 Å². The van der Waals surface area contributed by atoms with E-state index in [1.54, 1.807) is 18.1 Å². The van der Waals surface area contributed by atoms with Crippen LogP contribution in [0.4, 0.5) is 11.8 Å². The number of ether oxygens (including phenoxy) is 1. The monoisotopic (exact) mass is 764 g/mol. The second-order valence-corrected chi connectivity index (χ2v) is 18.8. The Balaban J connectivity index is 0.938. The van der Waals surface area contributed by atoms with E-state index in [-0.39, 0.29) is 57.8 Å². The summed E-state index contributed by atoms with van der Waals surface area (Å²) in [5.41, 5.74) is 11.8. The SMILES string of the molecule is C=C[C@]1(C)C[C@@H](OC(=O)CSC2CCN(C(=O)CCn3cnc4c(N5CCC(CN)C5)nc(N)nc43)CC2)[C@]2(C)[C@H](C)CC[C@]3(CCC(=O)[C@@H]32)[C@@H](C)[C@@H]1O. The first kappa shape index (κ1) is 39.0. The number of likely N-dealkylation sites (tertiary alicyclic amines) is 1. The number of aliphatic hydroxyl groups excluding tert-OH is 1. The number of nitrogens with two attached hydrogens (primary N) is 2. The van der Waals surface area contributed by atoms with Crippen LogP contribution < -0.4 is 16.4 Å². The van der Waals surface area contributed by atoms with E-state index in [1.807, 2.05) is 22.5 Å². The van der Waals surface area contributed by atoms with Crippen LogP contribution in [0, 0.1) is 39.9 Å². The number of nitrogen functional groups attached to an aromatic ring is 1. The third-order valence-corrected chi connectivity index (χ3v) is 16.1. The molecular formula is C40H60N8O5S. The van der Waals surface area contributed by atoms with Crippen LogP contribution in [0.25, 0.3) is 11.2 Å². The number of thioether (sulfide) groups is 1. The van der Waals surface area contributed by atoms with Gasteiger partial charge in [0.15, 0.2) is 17.0 Å². The summed E-state index contributed by atoms with van der Waals surface area (Å²) >= 11 is 1.59. The molecule has 2 aliphatic heterocycles. The Kier molecular flexibility index (Phi) is 10.9. The maximum absolute atomic E-state index is 13.7. The molecule has 5 fully saturated rings. The molecule has 0 radical (unpaired) electrons. The number of hydrogen-bond acceptors (Lipinski definition) is 12. The van der Waals surface area contributed by atoms with Gasteiger partial charge in [-0.25, -0.2) is 4.98 Å². The molecule has 7 rings (SSSR count). The van der Waals surface area contributed by atoms with Crippen LogP contribution in [-0.2, 0) is 25.7 Å². The van der Waals surface area contributed by atoms with Crippen LogP contribution in [0.15, 0.2) is 19.0 Å². The van der Waals surface area contributed by atoms with Gasteiger partial charge in [0.05, 0.1) is 18.2 Å². The summed E-state index contributed by atoms with van der Waals surface area (Å²) in [7, 11) is 0. The van der Waals surface area contributed by atoms with E-state index in [0.29, 0.717) is 62.5 Å². The predicted molar refractivity (Wildman–Crippen MR) is 210 cm³/mol. The highest BCUT2D eigenvalue weighted by Gasteiger charge is 2.68. The van der Waals surface area contributed by atoms with Crippen molar-refractivity contribution in [1.82, 2.24) is 24.4 Å². The quantitative estimate of drug-likeness (QED) is 0.232. The minimum Gasteiger partial charge on any atom is -0.461 e. The molecule has 2 aromatic heterocycles. The predicted octanol–water partition coefficient (Wildman–Crippen LogP) is 4.21. The fourth-order valence-electron chi connectivity index (χ4n) is 11.1. The van der Waals surface area contributed by atoms with E-state index in [0.717, 1.165) is 57.4 Å². The Hall–Kier alpha value is -3.23. The highest BCUT2D eigenvalue weighted by atomic mass is 32.2. The van der Waals surface area contributed by atoms with Gasteiger partial charge < -0.3 is 35.7 Å². The lowest BCUT2D eigenvalue weighted by molar-refractivity contribution is -0.205. The number of nitrogens with zero attached hydrogens (tertiary/aromatic N) is 6. The maximum Gasteiger partial charge on any atom is 0.316 e. The number of rotatable bonds is 10. The van der Waals surface area contributed by atoms with Crippen molar-refractivity contribution in [2.45, 2.75) is 109 Å². The number of fused-ring (bicyclic) bond motifs is 1. The van der Waals surface area contributed by atoms with Crippen molar-refractivity contribution in [1.29, 1.82) is 0 Å². The highest BCUT2D eigenvalue weighted by molar-refractivity contribution is 8.00. The van der Waals surface area contributed by atoms with Gasteiger partial charge in [0, 0.05) is 67.6 Å². The second kappa shape index (κ2) is 15.0. The van der Waals surface area contributed by atoms with Crippen molar-refractivity contribution in [3.05, 3.63) is 19.0 Å². The summed E-state index contributed by atoms with van der Waals surface area (Å²) < 4.78 is 8.33. The molecule has 3 saturated carbocycles. The van der Waals surface area contributed by atoms with Gasteiger partial charge in [-0.05, 0) is 74.7 Å². The molecule has 3 aliphatic carbocycles. The first-order chi connectivity index (χ1) is 25.7. The number of Topliss-reactive ketones (excluding diaryl/α,β-unsaturated/α-hetero) is 1. The van der Waals surface area contributed by atoms with E-state index >= 15 is 0 Å². The Bertz CT molecular complexity index is 1760. The average Bonchev–Trinajstić information content (AvgIpc) is 3.91. The molecule has 4 heterocycles. The fraction of sp³-hybridized carbons (Fsp3) is 0.750. The van der Waals surface area contributed by atoms with Crippen molar-refractivity contribution in [3.63, 3.8) is 0 Å². The summed E-state index contributed by atoms with van der Waals surface area (Å²) in [6.07, 6.45) is 8.83. The lowest BCUT2D eigenvalue weighted by Gasteiger charge is -2.61. The summed E-state index contributed by atoms with van der Waals surface area (Å²) in [4.78, 5) is 58.4. The molecular weight excluding hydrogens is 705 g/mol. The number of amides is 1. The van der Waals surface area contributed by atoms with Gasteiger partial charge >= 0.3 is 5.97 Å². The number of anilines is 2. The second-order valence-electron chi connectivity index (χ2n) is 17.6. The molecule has 2 aromatic rings. The molecule has 0 aromatic carbocycles. The first-order valence-corrected chi connectivity index (χ1v) is 21.2. The number of esters is 1. The number of carbonyl (C=O) groups excluding carboxylic acids is 3. The Morgan fingerprint density at radius 1 is 1.13 bits per heavy atom. The van der Waals surface area contributed by atoms with Gasteiger partial charge in [0.2, 0.25) is 11.9 Å². The minimum absolute atomic E-state index is 0.0632. The van der Waals surface area contributed by atoms with Crippen LogP contribution in [0.5, 0.6) is 0 Å². The van der Waals surface area contributed by atoms with Gasteiger partial charge in [-0.1, -0.05) is 33.8 Å². The molecule has 296 valence electrons. The number of imidazole rings is 1. The molecule has 5 N–H and O–H groups in total. The zero-order chi connectivity index (χ0) is 38.6. The van der Waals surface area contributed by atoms with E-state index in [4.69, 9.17) is 16.2 Å². The van der Waals surface area contributed by atoms with Gasteiger partial charge in [-0.3, -0.25) is 14.4 Å². The number of aliphatic hydroxyl groups is 1. The normalized spacial score (nSPS) is 35.9. The van der Waals surface area contributed by atoms with Crippen molar-refractivity contribution < 1.29 is 24.2 Å². The summed E-state index contributed by atoms with van der Waals surface area (Å²) in [6, 6.07) is 0. The Morgan fingerprint density at radius 2 is 1.89 bits per heavy atom. The molecule has 0 spiro atoms. The molecule has 9 atom stereocenters. The number of hydrogen-bond donors (Lipinski definition) is 3. The fourth-order valence-corrected chi connectivity index (χ4v) is 12.1. The third kappa shape index (κ3) is 6.71. The van der Waals surface area contributed by atoms with Crippen LogP contribution >= 0.6 is 11.8 Å². The summed E-state index contributed by atoms with van der Waals surface area (Å²) in [5, 5.41) is 12.0. The molecule has 5 aliphatic rings. The number of aryl methyl sites for hydroxylation is 1. The van der Waals surface area contributed by atoms with E-state index < -0.39 is 23.0 Å². The lowest BCUT2D eigenvalue weighted by atomic mass is 9.44. The minimum atomic E-state index is -0.686. The molecule has 54 heavy (non-hydrogen) atoms. The van der Waals surface area contributed by atoms with Crippen LogP contribution in [0.3, 0.4) is 0 Å². The first-order valence-electron chi connectivity index (χ1n) is 20.1. The van der Waals surface area contributed by atoms with Crippen LogP contribution in [0.2, 0.25) is 0 Å². The number of aromatic nitrogens is 4. The molecule has 13 nitrogen and oxygen atoms in total. The zero-order valence-electron chi connectivity index (χ0n) is 32.5. The summed E-state index contributed by atoms with van der Waals surface area (Å²) in [5.74, 6) is 1.46. The van der Waals surface area contributed by atoms with Crippen molar-refractivity contribution in [3.8, 4) is 0 Å². The van der Waals surface area contributed by atoms with Crippen molar-refractivity contribution in [2.75, 3.05) is 49.1 Å². The third-order valence-electron chi connectivity index (χ3n) is 14.8. The number of ketones is 1. The Labute approximate surface area is 323 Å². The van der Waals surface area contributed by atoms with E-state index in [2.05, 4.69) is 47.2 Å². The average molecular weight is 765 g/mol. The molecule has 1 unspecified atom stereocenters. The highest BCUT2D eigenvalue weighted by Crippen LogP contribution is 2.68. The standard InChI is InChI=1S/C40H60N8O5S/c1-6-38(4)19-29(39(5)24(2)7-13-40(25(3)34(38)52)14-8-28(49)33(39)40)53-31(51)22-54-27-10-16-46(17-11-27)30(50)12-18-48-23-43-32-35(44-37(42)45-36(32)48)47-15-9-26(20-41)21-47/h6,23-27,29,33-34,52H,1,7-22,41H2,2-5H3,(H2,42,44,45)/t24-,25+,26?,29-,33-,34+,38-,39+,40+/m1/s1. The molecule has 14 heteroatoms. The maximum atomic E-state index is 13.7. The molecule has 2 saturated heterocycles. The lowest BCUT2D eigenvalue weighted by Crippen LogP contribution is -2.63. The molecule has 1 amide bonds. The summed E-state index contributed by atoms with van der Waals surface area (Å²) in [6.45, 7) is 16.6. The topological polar surface area (TPSA) is 183 Å². The largest absolute Gasteiger partial charge is 0.461 e. The number of carbonyl (C=O) groups is 3. The van der Waals surface area contributed by atoms with Crippen molar-refractivity contribution >= 4 is 52.4 Å². The smallest absolute Gasteiger partial charge is 0.316 e. The zero-order valence-corrected chi connectivity index (χ0v) is 33.4. The van der Waals surface area contributed by atoms with Gasteiger partial charge in [0.1, 0.15) is 11.9 Å². The molecule has 2 bridgehead atoms. The van der Waals surface area contributed by atoms with Gasteiger partial charge in [-0.2, -0.15) is 9.97 Å². The van der Waals surface area contributed by atoms with Gasteiger partial charge in [-0.15, -0.1) is 18.3 Å².